The van der Waals surface area contributed by atoms with E-state index in [2.05, 4.69) is 15.6 Å². The third-order valence-electron chi connectivity index (χ3n) is 4.95. The lowest BCUT2D eigenvalue weighted by Crippen LogP contribution is -2.42. The number of halogens is 3. The van der Waals surface area contributed by atoms with Gasteiger partial charge in [-0.05, 0) is 49.1 Å². The van der Waals surface area contributed by atoms with Gasteiger partial charge in [0.25, 0.3) is 5.56 Å². The van der Waals surface area contributed by atoms with Crippen LogP contribution in [0.5, 0.6) is 0 Å². The molecular weight excluding hydrogens is 399 g/mol. The number of amides is 2. The number of rotatable bonds is 3. The number of nitrogens with one attached hydrogen (secondary N) is 3. The van der Waals surface area contributed by atoms with Crippen molar-refractivity contribution >= 4 is 17.4 Å². The van der Waals surface area contributed by atoms with Crippen LogP contribution in [0.4, 0.5) is 29.3 Å². The second-order valence-electron chi connectivity index (χ2n) is 7.29. The monoisotopic (exact) mass is 419 g/mol. The van der Waals surface area contributed by atoms with E-state index in [9.17, 15) is 22.8 Å². The van der Waals surface area contributed by atoms with Crippen molar-refractivity contribution in [2.24, 2.45) is 0 Å². The molecule has 1 aromatic heterocycles. The molecule has 1 heterocycles. The highest BCUT2D eigenvalue weighted by Crippen LogP contribution is 2.37. The largest absolute Gasteiger partial charge is 0.418 e. The summed E-state index contributed by atoms with van der Waals surface area (Å²) in [6, 6.07) is 5.89. The molecule has 1 aromatic carbocycles. The molecule has 2 amide bonds. The van der Waals surface area contributed by atoms with Crippen LogP contribution in [0.2, 0.25) is 0 Å². The van der Waals surface area contributed by atoms with Crippen molar-refractivity contribution in [1.29, 1.82) is 5.26 Å². The number of aromatic nitrogens is 1. The molecule has 0 spiro atoms. The molecule has 3 rings (SSSR count). The number of nitrogens with zero attached hydrogens (tertiary/aromatic N) is 2. The molecule has 2 aromatic rings. The zero-order valence-corrected chi connectivity index (χ0v) is 16.4. The highest BCUT2D eigenvalue weighted by atomic mass is 19.4. The molecule has 0 radical (unpaired) electrons. The number of H-pyrrole nitrogens is 1. The van der Waals surface area contributed by atoms with Crippen LogP contribution in [0.15, 0.2) is 29.1 Å². The van der Waals surface area contributed by atoms with Crippen molar-refractivity contribution in [3.05, 3.63) is 57.0 Å². The first-order valence-electron chi connectivity index (χ1n) is 9.19. The first kappa shape index (κ1) is 21.2. The molecule has 30 heavy (non-hydrogen) atoms. The third-order valence-corrected chi connectivity index (χ3v) is 4.95. The van der Waals surface area contributed by atoms with Crippen LogP contribution < -0.4 is 21.1 Å². The quantitative estimate of drug-likeness (QED) is 0.712. The fraction of sp³-hybridized carbons (Fsp3) is 0.350. The number of nitriles is 1. The van der Waals surface area contributed by atoms with Crippen LogP contribution >= 0.6 is 0 Å². The van der Waals surface area contributed by atoms with Crippen molar-refractivity contribution in [3.8, 4) is 6.07 Å². The Kier molecular flexibility index (Phi) is 5.73. The number of alkyl halides is 3. The summed E-state index contributed by atoms with van der Waals surface area (Å²) in [4.78, 5) is 28.3. The number of aromatic amines is 1. The Balaban J connectivity index is 1.74. The SMILES string of the molecule is CN(C)c1ccc(NC(=O)NC2CCc3[nH]c(=O)c(C#N)cc3C2)c(C(F)(F)F)c1. The van der Waals surface area contributed by atoms with E-state index in [1.54, 1.807) is 19.0 Å². The number of pyridine rings is 1. The highest BCUT2D eigenvalue weighted by molar-refractivity contribution is 5.90. The van der Waals surface area contributed by atoms with E-state index in [1.807, 2.05) is 6.07 Å². The van der Waals surface area contributed by atoms with Crippen molar-refractivity contribution in [2.75, 3.05) is 24.3 Å². The highest BCUT2D eigenvalue weighted by Gasteiger charge is 2.34. The Morgan fingerprint density at radius 3 is 2.67 bits per heavy atom. The summed E-state index contributed by atoms with van der Waals surface area (Å²) in [5, 5.41) is 14.0. The average Bonchev–Trinajstić information content (AvgIpc) is 2.66. The molecule has 0 fully saturated rings. The van der Waals surface area contributed by atoms with Crippen molar-refractivity contribution in [2.45, 2.75) is 31.5 Å². The number of carbonyl (C=O) groups excluding carboxylic acids is 1. The van der Waals surface area contributed by atoms with Gasteiger partial charge in [-0.3, -0.25) is 4.79 Å². The van der Waals surface area contributed by atoms with Gasteiger partial charge in [-0.1, -0.05) is 0 Å². The fourth-order valence-corrected chi connectivity index (χ4v) is 3.41. The minimum atomic E-state index is -4.63. The van der Waals surface area contributed by atoms with Crippen LogP contribution in [0.1, 0.15) is 28.8 Å². The van der Waals surface area contributed by atoms with E-state index in [-0.39, 0.29) is 17.3 Å². The molecule has 7 nitrogen and oxygen atoms in total. The minimum Gasteiger partial charge on any atom is -0.378 e. The lowest BCUT2D eigenvalue weighted by atomic mass is 9.91. The van der Waals surface area contributed by atoms with E-state index < -0.39 is 23.3 Å². The van der Waals surface area contributed by atoms with Gasteiger partial charge in [0.1, 0.15) is 11.6 Å². The molecule has 0 bridgehead atoms. The lowest BCUT2D eigenvalue weighted by molar-refractivity contribution is -0.136. The van der Waals surface area contributed by atoms with Gasteiger partial charge in [-0.2, -0.15) is 18.4 Å². The fourth-order valence-electron chi connectivity index (χ4n) is 3.41. The predicted octanol–water partition coefficient (Wildman–Crippen LogP) is 3.01. The van der Waals surface area contributed by atoms with Crippen molar-refractivity contribution in [3.63, 3.8) is 0 Å². The lowest BCUT2D eigenvalue weighted by Gasteiger charge is -2.26. The molecular formula is C20H20F3N5O2. The zero-order chi connectivity index (χ0) is 22.1. The van der Waals surface area contributed by atoms with E-state index in [0.717, 1.165) is 11.6 Å². The maximum Gasteiger partial charge on any atom is 0.418 e. The molecule has 1 unspecified atom stereocenters. The van der Waals surface area contributed by atoms with Gasteiger partial charge < -0.3 is 20.5 Å². The molecule has 1 aliphatic rings. The summed E-state index contributed by atoms with van der Waals surface area (Å²) >= 11 is 0. The van der Waals surface area contributed by atoms with Crippen molar-refractivity contribution in [1.82, 2.24) is 10.3 Å². The van der Waals surface area contributed by atoms with Gasteiger partial charge >= 0.3 is 12.2 Å². The second kappa shape index (κ2) is 8.10. The van der Waals surface area contributed by atoms with Gasteiger partial charge in [0.05, 0.1) is 11.3 Å². The predicted molar refractivity (Wildman–Crippen MR) is 106 cm³/mol. The molecule has 1 aliphatic carbocycles. The summed E-state index contributed by atoms with van der Waals surface area (Å²) in [5.74, 6) is 0. The molecule has 158 valence electrons. The van der Waals surface area contributed by atoms with Crippen LogP contribution in [0.3, 0.4) is 0 Å². The van der Waals surface area contributed by atoms with E-state index in [1.165, 1.54) is 18.2 Å². The van der Waals surface area contributed by atoms with Gasteiger partial charge in [0.2, 0.25) is 0 Å². The van der Waals surface area contributed by atoms with Crippen molar-refractivity contribution < 1.29 is 18.0 Å². The Hall–Kier alpha value is -3.48. The smallest absolute Gasteiger partial charge is 0.378 e. The second-order valence-corrected chi connectivity index (χ2v) is 7.29. The molecule has 0 saturated heterocycles. The standard InChI is InChI=1S/C20H20F3N5O2/c1-28(2)14-4-6-17(15(9-14)20(21,22)23)27-19(30)25-13-3-5-16-11(8-13)7-12(10-24)18(29)26-16/h4,6-7,9,13H,3,5,8H2,1-2H3,(H,26,29)(H2,25,27,30). The number of aryl methyl sites for hydroxylation is 1. The first-order chi connectivity index (χ1) is 14.1. The number of benzene rings is 1. The van der Waals surface area contributed by atoms with Crippen LogP contribution in [0.25, 0.3) is 0 Å². The normalized spacial score (nSPS) is 15.7. The molecule has 10 heteroatoms. The Bertz CT molecular complexity index is 1070. The van der Waals surface area contributed by atoms with E-state index in [4.69, 9.17) is 5.26 Å². The maximum atomic E-state index is 13.4. The summed E-state index contributed by atoms with van der Waals surface area (Å²) in [6.45, 7) is 0. The number of hydrogen-bond acceptors (Lipinski definition) is 4. The molecule has 3 N–H and O–H groups in total. The number of anilines is 2. The Morgan fingerprint density at radius 1 is 1.30 bits per heavy atom. The number of hydrogen-bond donors (Lipinski definition) is 3. The topological polar surface area (TPSA) is 101 Å². The maximum absolute atomic E-state index is 13.4. The summed E-state index contributed by atoms with van der Waals surface area (Å²) < 4.78 is 40.3. The molecule has 0 saturated carbocycles. The first-order valence-corrected chi connectivity index (χ1v) is 9.19. The number of carbonyl (C=O) groups is 1. The third kappa shape index (κ3) is 4.56. The molecule has 1 atom stereocenters. The van der Waals surface area contributed by atoms with Gasteiger partial charge in [0.15, 0.2) is 0 Å². The van der Waals surface area contributed by atoms with Gasteiger partial charge in [-0.15, -0.1) is 0 Å². The molecule has 0 aliphatic heterocycles. The summed E-state index contributed by atoms with van der Waals surface area (Å²) in [7, 11) is 3.25. The Morgan fingerprint density at radius 2 is 2.03 bits per heavy atom. The number of urea groups is 1. The van der Waals surface area contributed by atoms with Gasteiger partial charge in [-0.25, -0.2) is 4.79 Å². The summed E-state index contributed by atoms with van der Waals surface area (Å²) in [5.41, 5.74) is 0.0486. The zero-order valence-electron chi connectivity index (χ0n) is 16.4. The minimum absolute atomic E-state index is 0.0188. The van der Waals surface area contributed by atoms with Crippen LogP contribution in [-0.4, -0.2) is 31.2 Å². The van der Waals surface area contributed by atoms with E-state index in [0.29, 0.717) is 30.6 Å². The Labute approximate surface area is 170 Å². The average molecular weight is 419 g/mol. The van der Waals surface area contributed by atoms with E-state index >= 15 is 0 Å². The van der Waals surface area contributed by atoms with Crippen LogP contribution in [-0.2, 0) is 19.0 Å². The number of fused-ring (bicyclic) bond motifs is 1. The summed E-state index contributed by atoms with van der Waals surface area (Å²) in [6.07, 6.45) is -3.28. The van der Waals surface area contributed by atoms with Crippen LogP contribution in [0, 0.1) is 11.3 Å². The van der Waals surface area contributed by atoms with Gasteiger partial charge in [0, 0.05) is 31.5 Å².